The molecule has 1 aliphatic rings. The maximum atomic E-state index is 12.6. The molecular weight excluding hydrogens is 358 g/mol. The second kappa shape index (κ2) is 8.30. The monoisotopic (exact) mass is 387 g/mol. The Hall–Kier alpha value is -2.08. The van der Waals surface area contributed by atoms with Gasteiger partial charge >= 0.3 is 0 Å². The summed E-state index contributed by atoms with van der Waals surface area (Å²) in [5, 5.41) is 0. The van der Waals surface area contributed by atoms with E-state index in [4.69, 9.17) is 0 Å². The van der Waals surface area contributed by atoms with Gasteiger partial charge in [-0.2, -0.15) is 0 Å². The molecule has 0 bridgehead atoms. The lowest BCUT2D eigenvalue weighted by Crippen LogP contribution is -2.39. The van der Waals surface area contributed by atoms with Gasteiger partial charge in [0.2, 0.25) is 0 Å². The Morgan fingerprint density at radius 3 is 2.48 bits per heavy atom. The predicted molar refractivity (Wildman–Crippen MR) is 111 cm³/mol. The molecule has 1 fully saturated rings. The molecule has 1 aliphatic heterocycles. The number of benzene rings is 1. The van der Waals surface area contributed by atoms with E-state index in [0.717, 1.165) is 24.3 Å². The zero-order valence-electron chi connectivity index (χ0n) is 16.4. The Balaban J connectivity index is 1.73. The Morgan fingerprint density at radius 1 is 1.15 bits per heavy atom. The van der Waals surface area contributed by atoms with Crippen molar-refractivity contribution in [2.45, 2.75) is 63.3 Å². The van der Waals surface area contributed by atoms with E-state index in [9.17, 15) is 8.42 Å². The average Bonchev–Trinajstić information content (AvgIpc) is 2.68. The molecule has 3 rings (SSSR count). The molecule has 0 aliphatic carbocycles. The highest BCUT2D eigenvalue weighted by Crippen LogP contribution is 2.26. The van der Waals surface area contributed by atoms with Crippen LogP contribution >= 0.6 is 0 Å². The van der Waals surface area contributed by atoms with Crippen molar-refractivity contribution in [2.24, 2.45) is 0 Å². The van der Waals surface area contributed by atoms with Gasteiger partial charge in [-0.15, -0.1) is 0 Å². The summed E-state index contributed by atoms with van der Waals surface area (Å²) in [5.41, 5.74) is 1.60. The Bertz CT molecular complexity index is 846. The fourth-order valence-electron chi connectivity index (χ4n) is 3.59. The van der Waals surface area contributed by atoms with E-state index in [-0.39, 0.29) is 4.90 Å². The van der Waals surface area contributed by atoms with E-state index in [0.29, 0.717) is 17.6 Å². The number of hydrogen-bond acceptors (Lipinski definition) is 4. The van der Waals surface area contributed by atoms with Crippen molar-refractivity contribution in [2.75, 3.05) is 16.2 Å². The number of piperidine rings is 1. The van der Waals surface area contributed by atoms with Crippen molar-refractivity contribution < 1.29 is 8.42 Å². The molecule has 0 spiro atoms. The van der Waals surface area contributed by atoms with Gasteiger partial charge in [0.05, 0.1) is 16.8 Å². The van der Waals surface area contributed by atoms with Crippen molar-refractivity contribution in [3.63, 3.8) is 0 Å². The third kappa shape index (κ3) is 4.61. The molecule has 1 saturated heterocycles. The van der Waals surface area contributed by atoms with Crippen LogP contribution in [0.3, 0.4) is 0 Å². The van der Waals surface area contributed by atoms with Crippen LogP contribution in [-0.2, 0) is 10.0 Å². The Labute approximate surface area is 162 Å². The first-order valence-corrected chi connectivity index (χ1v) is 11.2. The van der Waals surface area contributed by atoms with Crippen LogP contribution in [-0.4, -0.2) is 26.0 Å². The molecule has 27 heavy (non-hydrogen) atoms. The molecular formula is C21H29N3O2S. The second-order valence-corrected chi connectivity index (χ2v) is 9.17. The third-order valence-electron chi connectivity index (χ3n) is 5.25. The standard InChI is InChI=1S/C21H29N3O2S/c1-4-19-7-5-6-14-24(19)21-13-10-18(15-22-21)23-27(25,26)20-11-8-17(9-12-20)16(2)3/h8-13,15-16,19,23H,4-7,14H2,1-3H3. The minimum Gasteiger partial charge on any atom is -0.354 e. The second-order valence-electron chi connectivity index (χ2n) is 7.49. The highest BCUT2D eigenvalue weighted by atomic mass is 32.2. The number of rotatable bonds is 6. The first kappa shape index (κ1) is 19.7. The Kier molecular flexibility index (Phi) is 6.05. The molecule has 2 heterocycles. The average molecular weight is 388 g/mol. The van der Waals surface area contributed by atoms with Crippen LogP contribution in [0.5, 0.6) is 0 Å². The van der Waals surface area contributed by atoms with Gasteiger partial charge in [-0.1, -0.05) is 32.9 Å². The molecule has 1 aromatic heterocycles. The van der Waals surface area contributed by atoms with Gasteiger partial charge in [0.15, 0.2) is 0 Å². The van der Waals surface area contributed by atoms with Gasteiger partial charge < -0.3 is 4.90 Å². The third-order valence-corrected chi connectivity index (χ3v) is 6.65. The maximum Gasteiger partial charge on any atom is 0.261 e. The summed E-state index contributed by atoms with van der Waals surface area (Å²) in [5.74, 6) is 1.29. The molecule has 1 unspecified atom stereocenters. The SMILES string of the molecule is CCC1CCCCN1c1ccc(NS(=O)(=O)c2ccc(C(C)C)cc2)cn1. The molecule has 2 aromatic rings. The van der Waals surface area contributed by atoms with Crippen LogP contribution in [0.1, 0.15) is 57.9 Å². The Morgan fingerprint density at radius 2 is 1.89 bits per heavy atom. The van der Waals surface area contributed by atoms with Gasteiger partial charge in [0.1, 0.15) is 5.82 Å². The molecule has 5 nitrogen and oxygen atoms in total. The summed E-state index contributed by atoms with van der Waals surface area (Å²) in [4.78, 5) is 7.12. The summed E-state index contributed by atoms with van der Waals surface area (Å²) >= 11 is 0. The highest BCUT2D eigenvalue weighted by molar-refractivity contribution is 7.92. The number of nitrogens with zero attached hydrogens (tertiary/aromatic N) is 2. The summed E-state index contributed by atoms with van der Waals surface area (Å²) in [7, 11) is -3.61. The molecule has 1 aromatic carbocycles. The summed E-state index contributed by atoms with van der Waals surface area (Å²) in [6, 6.07) is 11.3. The lowest BCUT2D eigenvalue weighted by atomic mass is 10.00. The van der Waals surface area contributed by atoms with Gasteiger partial charge in [-0.05, 0) is 61.4 Å². The fraction of sp³-hybridized carbons (Fsp3) is 0.476. The van der Waals surface area contributed by atoms with Crippen LogP contribution in [0.2, 0.25) is 0 Å². The van der Waals surface area contributed by atoms with Crippen molar-refractivity contribution in [1.29, 1.82) is 0 Å². The van der Waals surface area contributed by atoms with Crippen LogP contribution in [0.25, 0.3) is 0 Å². The maximum absolute atomic E-state index is 12.6. The topological polar surface area (TPSA) is 62.3 Å². The van der Waals surface area contributed by atoms with Crippen LogP contribution in [0.15, 0.2) is 47.5 Å². The number of aromatic nitrogens is 1. The summed E-state index contributed by atoms with van der Waals surface area (Å²) in [6.45, 7) is 7.38. The van der Waals surface area contributed by atoms with E-state index in [1.54, 1.807) is 24.4 Å². The van der Waals surface area contributed by atoms with Gasteiger partial charge in [-0.25, -0.2) is 13.4 Å². The number of hydrogen-bond donors (Lipinski definition) is 1. The molecule has 1 N–H and O–H groups in total. The predicted octanol–water partition coefficient (Wildman–Crippen LogP) is 4.77. The highest BCUT2D eigenvalue weighted by Gasteiger charge is 2.22. The van der Waals surface area contributed by atoms with E-state index < -0.39 is 10.0 Å². The number of anilines is 2. The van der Waals surface area contributed by atoms with Crippen LogP contribution in [0.4, 0.5) is 11.5 Å². The van der Waals surface area contributed by atoms with Crippen molar-refractivity contribution in [1.82, 2.24) is 4.98 Å². The quantitative estimate of drug-likeness (QED) is 0.775. The normalized spacial score (nSPS) is 17.9. The zero-order valence-corrected chi connectivity index (χ0v) is 17.2. The largest absolute Gasteiger partial charge is 0.354 e. The zero-order chi connectivity index (χ0) is 19.4. The number of nitrogens with one attached hydrogen (secondary N) is 1. The molecule has 1 atom stereocenters. The van der Waals surface area contributed by atoms with Crippen molar-refractivity contribution in [3.05, 3.63) is 48.2 Å². The van der Waals surface area contributed by atoms with Crippen LogP contribution < -0.4 is 9.62 Å². The molecule has 146 valence electrons. The molecule has 0 saturated carbocycles. The minimum atomic E-state index is -3.61. The van der Waals surface area contributed by atoms with Gasteiger partial charge in [-0.3, -0.25) is 4.72 Å². The number of pyridine rings is 1. The smallest absolute Gasteiger partial charge is 0.261 e. The van der Waals surface area contributed by atoms with Crippen LogP contribution in [0, 0.1) is 0 Å². The summed E-state index contributed by atoms with van der Waals surface area (Å²) in [6.07, 6.45) is 6.35. The minimum absolute atomic E-state index is 0.262. The van der Waals surface area contributed by atoms with E-state index in [1.807, 2.05) is 18.2 Å². The lowest BCUT2D eigenvalue weighted by molar-refractivity contribution is 0.447. The molecule has 6 heteroatoms. The van der Waals surface area contributed by atoms with Crippen molar-refractivity contribution >= 4 is 21.5 Å². The first-order chi connectivity index (χ1) is 12.9. The lowest BCUT2D eigenvalue weighted by Gasteiger charge is -2.36. The molecule has 0 amide bonds. The van der Waals surface area contributed by atoms with E-state index in [2.05, 4.69) is 35.4 Å². The van der Waals surface area contributed by atoms with Crippen molar-refractivity contribution in [3.8, 4) is 0 Å². The fourth-order valence-corrected chi connectivity index (χ4v) is 4.63. The van der Waals surface area contributed by atoms with E-state index >= 15 is 0 Å². The van der Waals surface area contributed by atoms with Gasteiger partial charge in [0.25, 0.3) is 10.0 Å². The molecule has 0 radical (unpaired) electrons. The first-order valence-electron chi connectivity index (χ1n) is 9.76. The van der Waals surface area contributed by atoms with Gasteiger partial charge in [0, 0.05) is 12.6 Å². The summed E-state index contributed by atoms with van der Waals surface area (Å²) < 4.78 is 27.9. The van der Waals surface area contributed by atoms with E-state index in [1.165, 1.54) is 19.3 Å². The number of sulfonamides is 1.